The van der Waals surface area contributed by atoms with Gasteiger partial charge in [-0.05, 0) is 86.8 Å². The van der Waals surface area contributed by atoms with Crippen molar-refractivity contribution in [1.29, 1.82) is 0 Å². The maximum Gasteiger partial charge on any atom is 0.0406 e. The zero-order valence-corrected chi connectivity index (χ0v) is 13.7. The summed E-state index contributed by atoms with van der Waals surface area (Å²) in [7, 11) is 0. The van der Waals surface area contributed by atoms with Crippen molar-refractivity contribution in [3.63, 3.8) is 0 Å². The Morgan fingerprint density at radius 1 is 1.00 bits per heavy atom. The Hall–Kier alpha value is -0.530. The van der Waals surface area contributed by atoms with Gasteiger partial charge in [0.05, 0.1) is 0 Å². The summed E-state index contributed by atoms with van der Waals surface area (Å²) in [5, 5.41) is 4.83. The number of rotatable bonds is 4. The molecule has 0 radical (unpaired) electrons. The monoisotopic (exact) mass is 303 g/mol. The summed E-state index contributed by atoms with van der Waals surface area (Å²) in [4.78, 5) is 0. The van der Waals surface area contributed by atoms with Gasteiger partial charge >= 0.3 is 0 Å². The second-order valence-electron chi connectivity index (χ2n) is 7.85. The predicted octanol–water partition coefficient (Wildman–Crippen LogP) is 4.69. The molecule has 1 unspecified atom stereocenters. The van der Waals surface area contributed by atoms with Crippen molar-refractivity contribution in [3.8, 4) is 0 Å². The van der Waals surface area contributed by atoms with E-state index in [0.717, 1.165) is 41.2 Å². The summed E-state index contributed by atoms with van der Waals surface area (Å²) < 4.78 is 0. The highest BCUT2D eigenvalue weighted by molar-refractivity contribution is 6.30. The molecule has 0 amide bonds. The molecule has 1 nitrogen and oxygen atoms in total. The van der Waals surface area contributed by atoms with Gasteiger partial charge in [0, 0.05) is 17.1 Å². The minimum absolute atomic E-state index is 0.564. The standard InChI is InChI=1S/C19H26ClN/c1-12(6-13-2-4-18(20)5-3-13)21-19-16-8-14-7-15(10-16)11-17(19)9-14/h2-5,12,14-17,19,21H,6-11H2,1H3. The SMILES string of the molecule is CC(Cc1ccc(Cl)cc1)NC1C2CC3CC(C2)CC1C3. The van der Waals surface area contributed by atoms with Crippen LogP contribution in [0, 0.1) is 23.7 Å². The van der Waals surface area contributed by atoms with Crippen LogP contribution in [-0.4, -0.2) is 12.1 Å². The first-order valence-electron chi connectivity index (χ1n) is 8.68. The van der Waals surface area contributed by atoms with E-state index in [1.54, 1.807) is 6.42 Å². The van der Waals surface area contributed by atoms with Gasteiger partial charge in [0.15, 0.2) is 0 Å². The molecular weight excluding hydrogens is 278 g/mol. The maximum atomic E-state index is 5.97. The fourth-order valence-electron chi connectivity index (χ4n) is 5.56. The molecule has 4 fully saturated rings. The lowest BCUT2D eigenvalue weighted by Gasteiger charge is -2.55. The van der Waals surface area contributed by atoms with Crippen LogP contribution in [0.1, 0.15) is 44.6 Å². The molecule has 0 saturated heterocycles. The van der Waals surface area contributed by atoms with E-state index < -0.39 is 0 Å². The molecule has 1 aromatic carbocycles. The van der Waals surface area contributed by atoms with Gasteiger partial charge in [-0.2, -0.15) is 0 Å². The lowest BCUT2D eigenvalue weighted by Crippen LogP contribution is -2.56. The first-order valence-corrected chi connectivity index (χ1v) is 9.05. The summed E-state index contributed by atoms with van der Waals surface area (Å²) in [6.45, 7) is 2.35. The summed E-state index contributed by atoms with van der Waals surface area (Å²) in [5.74, 6) is 4.07. The Bertz CT molecular complexity index is 467. The molecule has 0 spiro atoms. The largest absolute Gasteiger partial charge is 0.311 e. The maximum absolute atomic E-state index is 5.97. The van der Waals surface area contributed by atoms with Crippen molar-refractivity contribution >= 4 is 11.6 Å². The van der Waals surface area contributed by atoms with Gasteiger partial charge in [0.25, 0.3) is 0 Å². The van der Waals surface area contributed by atoms with E-state index in [0.29, 0.717) is 6.04 Å². The van der Waals surface area contributed by atoms with Crippen LogP contribution in [-0.2, 0) is 6.42 Å². The molecule has 4 aliphatic carbocycles. The van der Waals surface area contributed by atoms with Gasteiger partial charge < -0.3 is 5.32 Å². The molecule has 114 valence electrons. The predicted molar refractivity (Wildman–Crippen MR) is 88.6 cm³/mol. The molecule has 0 aromatic heterocycles. The second kappa shape index (κ2) is 5.59. The van der Waals surface area contributed by atoms with E-state index in [1.807, 2.05) is 12.1 Å². The lowest BCUT2D eigenvalue weighted by atomic mass is 9.54. The zero-order valence-electron chi connectivity index (χ0n) is 12.9. The van der Waals surface area contributed by atoms with Crippen LogP contribution in [0.5, 0.6) is 0 Å². The lowest BCUT2D eigenvalue weighted by molar-refractivity contribution is -0.0169. The van der Waals surface area contributed by atoms with Gasteiger partial charge in [0.2, 0.25) is 0 Å². The molecule has 1 aromatic rings. The van der Waals surface area contributed by atoms with Gasteiger partial charge in [0.1, 0.15) is 0 Å². The molecular formula is C19H26ClN. The van der Waals surface area contributed by atoms with Crippen LogP contribution in [0.15, 0.2) is 24.3 Å². The minimum Gasteiger partial charge on any atom is -0.311 e. The van der Waals surface area contributed by atoms with Crippen LogP contribution in [0.2, 0.25) is 5.02 Å². The van der Waals surface area contributed by atoms with Gasteiger partial charge in [-0.1, -0.05) is 23.7 Å². The highest BCUT2D eigenvalue weighted by Crippen LogP contribution is 2.53. The van der Waals surface area contributed by atoms with Crippen LogP contribution in [0.25, 0.3) is 0 Å². The van der Waals surface area contributed by atoms with Crippen LogP contribution in [0.3, 0.4) is 0 Å². The van der Waals surface area contributed by atoms with Crippen LogP contribution >= 0.6 is 11.6 Å². The molecule has 1 N–H and O–H groups in total. The number of hydrogen-bond donors (Lipinski definition) is 1. The van der Waals surface area contributed by atoms with E-state index in [4.69, 9.17) is 11.6 Å². The van der Waals surface area contributed by atoms with E-state index in [-0.39, 0.29) is 0 Å². The van der Waals surface area contributed by atoms with E-state index in [9.17, 15) is 0 Å². The number of benzene rings is 1. The minimum atomic E-state index is 0.564. The third kappa shape index (κ3) is 2.87. The Morgan fingerprint density at radius 3 is 2.14 bits per heavy atom. The molecule has 0 heterocycles. The van der Waals surface area contributed by atoms with Crippen molar-refractivity contribution in [1.82, 2.24) is 5.32 Å². The van der Waals surface area contributed by atoms with E-state index in [1.165, 1.54) is 31.2 Å². The second-order valence-corrected chi connectivity index (χ2v) is 8.29. The summed E-state index contributed by atoms with van der Waals surface area (Å²) in [6.07, 6.45) is 8.65. The molecule has 2 heteroatoms. The zero-order chi connectivity index (χ0) is 14.4. The van der Waals surface area contributed by atoms with E-state index in [2.05, 4.69) is 24.4 Å². The first kappa shape index (κ1) is 14.1. The number of halogens is 1. The van der Waals surface area contributed by atoms with Crippen molar-refractivity contribution in [2.75, 3.05) is 0 Å². The fraction of sp³-hybridized carbons (Fsp3) is 0.684. The Labute approximate surface area is 133 Å². The third-order valence-electron chi connectivity index (χ3n) is 6.16. The van der Waals surface area contributed by atoms with Crippen LogP contribution < -0.4 is 5.32 Å². The quantitative estimate of drug-likeness (QED) is 0.851. The normalized spacial score (nSPS) is 38.7. The summed E-state index contributed by atoms with van der Waals surface area (Å²) in [5.41, 5.74) is 1.39. The smallest absolute Gasteiger partial charge is 0.0406 e. The Kier molecular flexibility index (Phi) is 3.75. The molecule has 4 bridgehead atoms. The van der Waals surface area contributed by atoms with Crippen molar-refractivity contribution in [3.05, 3.63) is 34.9 Å². The average molecular weight is 304 g/mol. The molecule has 21 heavy (non-hydrogen) atoms. The number of hydrogen-bond acceptors (Lipinski definition) is 1. The summed E-state index contributed by atoms with van der Waals surface area (Å²) in [6, 6.07) is 9.70. The van der Waals surface area contributed by atoms with Crippen LogP contribution in [0.4, 0.5) is 0 Å². The average Bonchev–Trinajstić information content (AvgIpc) is 2.45. The molecule has 5 rings (SSSR count). The van der Waals surface area contributed by atoms with Crippen molar-refractivity contribution in [2.45, 2.75) is 57.5 Å². The first-order chi connectivity index (χ1) is 10.2. The van der Waals surface area contributed by atoms with Crippen molar-refractivity contribution < 1.29 is 0 Å². The molecule has 0 aliphatic heterocycles. The topological polar surface area (TPSA) is 12.0 Å². The van der Waals surface area contributed by atoms with Crippen molar-refractivity contribution in [2.24, 2.45) is 23.7 Å². The van der Waals surface area contributed by atoms with E-state index >= 15 is 0 Å². The highest BCUT2D eigenvalue weighted by atomic mass is 35.5. The Balaban J connectivity index is 1.38. The third-order valence-corrected chi connectivity index (χ3v) is 6.41. The fourth-order valence-corrected chi connectivity index (χ4v) is 5.68. The van der Waals surface area contributed by atoms with Gasteiger partial charge in [-0.25, -0.2) is 0 Å². The molecule has 4 aliphatic rings. The highest BCUT2D eigenvalue weighted by Gasteiger charge is 2.48. The Morgan fingerprint density at radius 2 is 1.57 bits per heavy atom. The summed E-state index contributed by atoms with van der Waals surface area (Å²) >= 11 is 5.97. The van der Waals surface area contributed by atoms with Gasteiger partial charge in [-0.3, -0.25) is 0 Å². The molecule has 4 saturated carbocycles. The number of nitrogens with one attached hydrogen (secondary N) is 1. The van der Waals surface area contributed by atoms with Gasteiger partial charge in [-0.15, -0.1) is 0 Å². The molecule has 1 atom stereocenters.